The number of fused-ring (bicyclic) bond motifs is 1. The van der Waals surface area contributed by atoms with Gasteiger partial charge in [-0.15, -0.1) is 0 Å². The molecule has 0 aromatic heterocycles. The van der Waals surface area contributed by atoms with Crippen LogP contribution >= 0.6 is 11.8 Å². The summed E-state index contributed by atoms with van der Waals surface area (Å²) in [7, 11) is 0. The van der Waals surface area contributed by atoms with Crippen molar-refractivity contribution in [2.24, 2.45) is 0 Å². The van der Waals surface area contributed by atoms with Gasteiger partial charge < -0.3 is 10.6 Å². The van der Waals surface area contributed by atoms with Crippen molar-refractivity contribution in [3.05, 3.63) is 23.8 Å². The molecule has 2 N–H and O–H groups in total. The summed E-state index contributed by atoms with van der Waals surface area (Å²) in [5.74, 6) is 1.20. The lowest BCUT2D eigenvalue weighted by Gasteiger charge is -2.18. The number of thioether (sulfide) groups is 1. The molecule has 3 heteroatoms. The molecule has 1 aliphatic heterocycles. The second-order valence-corrected chi connectivity index (χ2v) is 4.60. The molecule has 76 valence electrons. The summed E-state index contributed by atoms with van der Waals surface area (Å²) in [5, 5.41) is 0. The number of benzene rings is 1. The average molecular weight is 208 g/mol. The Labute approximate surface area is 89.5 Å². The monoisotopic (exact) mass is 208 g/mol. The van der Waals surface area contributed by atoms with Gasteiger partial charge in [0, 0.05) is 30.2 Å². The molecule has 0 amide bonds. The smallest absolute Gasteiger partial charge is 0.0401 e. The third-order valence-corrected chi connectivity index (χ3v) is 3.25. The van der Waals surface area contributed by atoms with Gasteiger partial charge in [0.1, 0.15) is 0 Å². The number of nitrogens with zero attached hydrogens (tertiary/aromatic N) is 1. The molecule has 0 saturated carbocycles. The highest BCUT2D eigenvalue weighted by atomic mass is 32.2. The molecule has 14 heavy (non-hydrogen) atoms. The molecule has 1 aliphatic rings. The lowest BCUT2D eigenvalue weighted by Crippen LogP contribution is -2.23. The Morgan fingerprint density at radius 3 is 3.14 bits per heavy atom. The summed E-state index contributed by atoms with van der Waals surface area (Å²) in [4.78, 5) is 2.45. The van der Waals surface area contributed by atoms with E-state index in [1.165, 1.54) is 17.0 Å². The first-order chi connectivity index (χ1) is 6.81. The van der Waals surface area contributed by atoms with Crippen LogP contribution in [0.25, 0.3) is 0 Å². The summed E-state index contributed by atoms with van der Waals surface area (Å²) in [5.41, 5.74) is 9.43. The van der Waals surface area contributed by atoms with E-state index in [4.69, 9.17) is 5.73 Å². The summed E-state index contributed by atoms with van der Waals surface area (Å²) in [6.07, 6.45) is 3.30. The zero-order chi connectivity index (χ0) is 9.97. The minimum atomic E-state index is 0.885. The van der Waals surface area contributed by atoms with Crippen molar-refractivity contribution in [2.45, 2.75) is 6.42 Å². The van der Waals surface area contributed by atoms with Crippen LogP contribution in [0.4, 0.5) is 11.4 Å². The van der Waals surface area contributed by atoms with Crippen LogP contribution < -0.4 is 10.6 Å². The maximum atomic E-state index is 5.75. The molecular formula is C11H16N2S. The van der Waals surface area contributed by atoms with Gasteiger partial charge in [-0.2, -0.15) is 11.8 Å². The van der Waals surface area contributed by atoms with Crippen molar-refractivity contribution < 1.29 is 0 Å². The number of anilines is 2. The van der Waals surface area contributed by atoms with Gasteiger partial charge in [0.15, 0.2) is 0 Å². The fourth-order valence-corrected chi connectivity index (χ4v) is 2.33. The highest BCUT2D eigenvalue weighted by Gasteiger charge is 2.17. The van der Waals surface area contributed by atoms with E-state index >= 15 is 0 Å². The van der Waals surface area contributed by atoms with Crippen LogP contribution in [0.1, 0.15) is 5.56 Å². The van der Waals surface area contributed by atoms with Gasteiger partial charge >= 0.3 is 0 Å². The molecule has 0 bridgehead atoms. The Morgan fingerprint density at radius 1 is 1.50 bits per heavy atom. The lowest BCUT2D eigenvalue weighted by atomic mass is 10.1. The Morgan fingerprint density at radius 2 is 2.36 bits per heavy atom. The first-order valence-electron chi connectivity index (χ1n) is 4.93. The third kappa shape index (κ3) is 1.82. The van der Waals surface area contributed by atoms with Gasteiger partial charge in [0.2, 0.25) is 0 Å². The summed E-state index contributed by atoms with van der Waals surface area (Å²) >= 11 is 1.90. The fraction of sp³-hybridized carbons (Fsp3) is 0.455. The molecule has 0 unspecified atom stereocenters. The van der Waals surface area contributed by atoms with Gasteiger partial charge in [-0.3, -0.25) is 0 Å². The largest absolute Gasteiger partial charge is 0.399 e. The molecule has 0 saturated heterocycles. The van der Waals surface area contributed by atoms with Gasteiger partial charge in [0.05, 0.1) is 0 Å². The van der Waals surface area contributed by atoms with E-state index in [2.05, 4.69) is 23.3 Å². The summed E-state index contributed by atoms with van der Waals surface area (Å²) in [6.45, 7) is 2.30. The standard InChI is InChI=1S/C11H16N2S/c1-14-7-6-13-5-4-9-8-10(12)2-3-11(9)13/h2-3,8H,4-7,12H2,1H3. The summed E-state index contributed by atoms with van der Waals surface area (Å²) in [6, 6.07) is 6.25. The maximum Gasteiger partial charge on any atom is 0.0401 e. The Balaban J connectivity index is 2.14. The first-order valence-corrected chi connectivity index (χ1v) is 6.33. The molecule has 0 spiro atoms. The van der Waals surface area contributed by atoms with E-state index in [0.29, 0.717) is 0 Å². The fourth-order valence-electron chi connectivity index (χ4n) is 1.92. The van der Waals surface area contributed by atoms with Crippen LogP contribution in [0.15, 0.2) is 18.2 Å². The maximum absolute atomic E-state index is 5.75. The lowest BCUT2D eigenvalue weighted by molar-refractivity contribution is 0.874. The van der Waals surface area contributed by atoms with Crippen molar-refractivity contribution in [3.8, 4) is 0 Å². The highest BCUT2D eigenvalue weighted by molar-refractivity contribution is 7.98. The second-order valence-electron chi connectivity index (χ2n) is 3.62. The number of rotatable bonds is 3. The number of nitrogen functional groups attached to an aromatic ring is 1. The third-order valence-electron chi connectivity index (χ3n) is 2.66. The van der Waals surface area contributed by atoms with Crippen LogP contribution in [0.2, 0.25) is 0 Å². The van der Waals surface area contributed by atoms with Crippen molar-refractivity contribution >= 4 is 23.1 Å². The van der Waals surface area contributed by atoms with Gasteiger partial charge in [-0.25, -0.2) is 0 Å². The van der Waals surface area contributed by atoms with E-state index in [0.717, 1.165) is 25.2 Å². The Bertz CT molecular complexity index is 325. The van der Waals surface area contributed by atoms with Crippen molar-refractivity contribution in [3.63, 3.8) is 0 Å². The molecule has 1 aromatic rings. The molecule has 0 atom stereocenters. The normalized spacial score (nSPS) is 14.5. The van der Waals surface area contributed by atoms with Crippen LogP contribution in [0.3, 0.4) is 0 Å². The van der Waals surface area contributed by atoms with Crippen molar-refractivity contribution in [1.82, 2.24) is 0 Å². The van der Waals surface area contributed by atoms with Crippen LogP contribution in [-0.2, 0) is 6.42 Å². The molecule has 1 heterocycles. The Kier molecular flexibility index (Phi) is 2.87. The molecule has 2 nitrogen and oxygen atoms in total. The first kappa shape index (κ1) is 9.71. The zero-order valence-electron chi connectivity index (χ0n) is 8.49. The van der Waals surface area contributed by atoms with E-state index in [1.54, 1.807) is 0 Å². The molecular weight excluding hydrogens is 192 g/mol. The zero-order valence-corrected chi connectivity index (χ0v) is 9.31. The van der Waals surface area contributed by atoms with Gasteiger partial charge in [0.25, 0.3) is 0 Å². The van der Waals surface area contributed by atoms with E-state index < -0.39 is 0 Å². The predicted octanol–water partition coefficient (Wildman–Crippen LogP) is 1.99. The second kappa shape index (κ2) is 4.13. The predicted molar refractivity (Wildman–Crippen MR) is 65.2 cm³/mol. The molecule has 0 aliphatic carbocycles. The van der Waals surface area contributed by atoms with Crippen LogP contribution in [0, 0.1) is 0 Å². The number of hydrogen-bond donors (Lipinski definition) is 1. The van der Waals surface area contributed by atoms with Gasteiger partial charge in [-0.05, 0) is 36.4 Å². The van der Waals surface area contributed by atoms with E-state index in [-0.39, 0.29) is 0 Å². The Hall–Kier alpha value is -0.830. The van der Waals surface area contributed by atoms with Crippen molar-refractivity contribution in [2.75, 3.05) is 35.7 Å². The van der Waals surface area contributed by atoms with Crippen LogP contribution in [0.5, 0.6) is 0 Å². The summed E-state index contributed by atoms with van der Waals surface area (Å²) < 4.78 is 0. The quantitative estimate of drug-likeness (QED) is 0.770. The SMILES string of the molecule is CSCCN1CCc2cc(N)ccc21. The minimum Gasteiger partial charge on any atom is -0.399 e. The van der Waals surface area contributed by atoms with Crippen LogP contribution in [-0.4, -0.2) is 25.1 Å². The molecule has 0 fully saturated rings. The number of hydrogen-bond acceptors (Lipinski definition) is 3. The average Bonchev–Trinajstić information content (AvgIpc) is 2.57. The molecule has 0 radical (unpaired) electrons. The van der Waals surface area contributed by atoms with Gasteiger partial charge in [-0.1, -0.05) is 0 Å². The highest BCUT2D eigenvalue weighted by Crippen LogP contribution is 2.29. The van der Waals surface area contributed by atoms with E-state index in [9.17, 15) is 0 Å². The topological polar surface area (TPSA) is 29.3 Å². The molecule has 2 rings (SSSR count). The van der Waals surface area contributed by atoms with E-state index in [1.807, 2.05) is 17.8 Å². The minimum absolute atomic E-state index is 0.885. The molecule has 1 aromatic carbocycles. The van der Waals surface area contributed by atoms with Crippen molar-refractivity contribution in [1.29, 1.82) is 0 Å². The number of nitrogens with two attached hydrogens (primary N) is 1.